The first-order valence-electron chi connectivity index (χ1n) is 5.55. The molecule has 0 N–H and O–H groups in total. The molecule has 0 saturated carbocycles. The third-order valence-corrected chi connectivity index (χ3v) is 2.44. The van der Waals surface area contributed by atoms with Crippen molar-refractivity contribution in [1.82, 2.24) is 0 Å². The zero-order chi connectivity index (χ0) is 12.0. The number of hydrogen-bond acceptors (Lipinski definition) is 3. The molecule has 0 spiro atoms. The van der Waals surface area contributed by atoms with Crippen molar-refractivity contribution in [3.63, 3.8) is 0 Å². The number of carbonyl (C=O) groups is 1. The zero-order valence-electron chi connectivity index (χ0n) is 10.2. The van der Waals surface area contributed by atoms with Crippen LogP contribution in [0.5, 0.6) is 5.75 Å². The zero-order valence-corrected chi connectivity index (χ0v) is 10.2. The number of methoxy groups -OCH3 is 1. The first-order valence-corrected chi connectivity index (χ1v) is 5.55. The summed E-state index contributed by atoms with van der Waals surface area (Å²) in [5, 5.41) is 0. The first-order chi connectivity index (χ1) is 7.69. The van der Waals surface area contributed by atoms with Crippen LogP contribution in [-0.2, 0) is 4.79 Å². The summed E-state index contributed by atoms with van der Waals surface area (Å²) < 4.78 is 5.26. The fourth-order valence-electron chi connectivity index (χ4n) is 1.65. The average Bonchev–Trinajstić information content (AvgIpc) is 2.29. The van der Waals surface area contributed by atoms with Crippen LogP contribution in [-0.4, -0.2) is 26.5 Å². The molecular weight excluding hydrogens is 202 g/mol. The number of para-hydroxylation sites is 2. The Kier molecular flexibility index (Phi) is 4.83. The van der Waals surface area contributed by atoms with E-state index in [4.69, 9.17) is 4.74 Å². The van der Waals surface area contributed by atoms with E-state index in [2.05, 4.69) is 0 Å². The van der Waals surface area contributed by atoms with E-state index in [0.717, 1.165) is 17.9 Å². The number of nitrogens with zero attached hydrogens (tertiary/aromatic N) is 1. The quantitative estimate of drug-likeness (QED) is 0.739. The molecule has 0 aromatic heterocycles. The average molecular weight is 221 g/mol. The van der Waals surface area contributed by atoms with Crippen LogP contribution in [0, 0.1) is 0 Å². The van der Waals surface area contributed by atoms with Crippen molar-refractivity contribution in [2.75, 3.05) is 25.6 Å². The molecule has 0 atom stereocenters. The smallest absolute Gasteiger partial charge is 0.152 e. The summed E-state index contributed by atoms with van der Waals surface area (Å²) in [6.07, 6.45) is 1.54. The van der Waals surface area contributed by atoms with Crippen molar-refractivity contribution in [3.05, 3.63) is 24.3 Å². The predicted molar refractivity (Wildman–Crippen MR) is 66.2 cm³/mol. The standard InChI is InChI=1S/C13H19NO2/c1-4-7-11(15)10-14(2)12-8-5-6-9-13(12)16-3/h5-6,8-9H,4,7,10H2,1-3H3. The number of carbonyl (C=O) groups excluding carboxylic acids is 1. The maximum atomic E-state index is 11.5. The number of ketones is 1. The molecular formula is C13H19NO2. The Balaban J connectivity index is 2.72. The third-order valence-electron chi connectivity index (χ3n) is 2.44. The van der Waals surface area contributed by atoms with Crippen molar-refractivity contribution >= 4 is 11.5 Å². The molecule has 3 heteroatoms. The molecule has 0 heterocycles. The lowest BCUT2D eigenvalue weighted by molar-refractivity contribution is -0.117. The van der Waals surface area contributed by atoms with E-state index in [1.807, 2.05) is 43.1 Å². The van der Waals surface area contributed by atoms with Crippen molar-refractivity contribution < 1.29 is 9.53 Å². The number of anilines is 1. The summed E-state index contributed by atoms with van der Waals surface area (Å²) >= 11 is 0. The first kappa shape index (κ1) is 12.6. The fraction of sp³-hybridized carbons (Fsp3) is 0.462. The molecule has 0 bridgehead atoms. The van der Waals surface area contributed by atoms with Crippen LogP contribution >= 0.6 is 0 Å². The molecule has 1 aromatic rings. The van der Waals surface area contributed by atoms with Gasteiger partial charge in [0.15, 0.2) is 5.78 Å². The van der Waals surface area contributed by atoms with Gasteiger partial charge in [-0.2, -0.15) is 0 Å². The topological polar surface area (TPSA) is 29.5 Å². The summed E-state index contributed by atoms with van der Waals surface area (Å²) in [6, 6.07) is 7.72. The predicted octanol–water partition coefficient (Wildman–Crippen LogP) is 2.50. The van der Waals surface area contributed by atoms with E-state index >= 15 is 0 Å². The van der Waals surface area contributed by atoms with Crippen LogP contribution in [0.3, 0.4) is 0 Å². The maximum Gasteiger partial charge on any atom is 0.152 e. The highest BCUT2D eigenvalue weighted by atomic mass is 16.5. The second-order valence-electron chi connectivity index (χ2n) is 3.82. The fourth-order valence-corrected chi connectivity index (χ4v) is 1.65. The number of benzene rings is 1. The van der Waals surface area contributed by atoms with Crippen molar-refractivity contribution in [3.8, 4) is 5.75 Å². The Bertz CT molecular complexity index is 350. The summed E-state index contributed by atoms with van der Waals surface area (Å²) in [5.41, 5.74) is 0.953. The van der Waals surface area contributed by atoms with Gasteiger partial charge in [-0.3, -0.25) is 4.79 Å². The lowest BCUT2D eigenvalue weighted by Crippen LogP contribution is -2.25. The summed E-state index contributed by atoms with van der Waals surface area (Å²) in [7, 11) is 3.55. The molecule has 0 aliphatic carbocycles. The van der Waals surface area contributed by atoms with E-state index in [1.165, 1.54) is 0 Å². The second-order valence-corrected chi connectivity index (χ2v) is 3.82. The van der Waals surface area contributed by atoms with Gasteiger partial charge >= 0.3 is 0 Å². The van der Waals surface area contributed by atoms with Crippen LogP contribution in [0.1, 0.15) is 19.8 Å². The molecule has 0 aliphatic heterocycles. The van der Waals surface area contributed by atoms with E-state index in [1.54, 1.807) is 7.11 Å². The summed E-state index contributed by atoms with van der Waals surface area (Å²) in [5.74, 6) is 1.06. The maximum absolute atomic E-state index is 11.5. The second kappa shape index (κ2) is 6.16. The van der Waals surface area contributed by atoms with Crippen molar-refractivity contribution in [2.45, 2.75) is 19.8 Å². The third kappa shape index (κ3) is 3.26. The Morgan fingerprint density at radius 2 is 2.06 bits per heavy atom. The minimum absolute atomic E-state index is 0.260. The molecule has 0 unspecified atom stereocenters. The molecule has 0 aliphatic rings. The van der Waals surface area contributed by atoms with Crippen LogP contribution in [0.2, 0.25) is 0 Å². The van der Waals surface area contributed by atoms with E-state index in [-0.39, 0.29) is 5.78 Å². The van der Waals surface area contributed by atoms with Gasteiger partial charge in [-0.25, -0.2) is 0 Å². The Labute approximate surface area is 97.0 Å². The van der Waals surface area contributed by atoms with Gasteiger partial charge in [0, 0.05) is 13.5 Å². The molecule has 0 amide bonds. The highest BCUT2D eigenvalue weighted by Gasteiger charge is 2.10. The van der Waals surface area contributed by atoms with Crippen LogP contribution in [0.4, 0.5) is 5.69 Å². The van der Waals surface area contributed by atoms with E-state index < -0.39 is 0 Å². The molecule has 1 aromatic carbocycles. The summed E-state index contributed by atoms with van der Waals surface area (Å²) in [6.45, 7) is 2.45. The van der Waals surface area contributed by atoms with Crippen LogP contribution in [0.25, 0.3) is 0 Å². The molecule has 88 valence electrons. The highest BCUT2D eigenvalue weighted by Crippen LogP contribution is 2.26. The number of rotatable bonds is 6. The van der Waals surface area contributed by atoms with Gasteiger partial charge in [0.2, 0.25) is 0 Å². The van der Waals surface area contributed by atoms with Crippen molar-refractivity contribution in [2.24, 2.45) is 0 Å². The minimum Gasteiger partial charge on any atom is -0.495 e. The molecule has 0 radical (unpaired) electrons. The molecule has 1 rings (SSSR count). The van der Waals surface area contributed by atoms with Gasteiger partial charge in [-0.1, -0.05) is 19.1 Å². The minimum atomic E-state index is 0.260. The summed E-state index contributed by atoms with van der Waals surface area (Å²) in [4.78, 5) is 13.5. The SMILES string of the molecule is CCCC(=O)CN(C)c1ccccc1OC. The number of hydrogen-bond donors (Lipinski definition) is 0. The monoisotopic (exact) mass is 221 g/mol. The highest BCUT2D eigenvalue weighted by molar-refractivity contribution is 5.83. The van der Waals surface area contributed by atoms with Gasteiger partial charge in [0.1, 0.15) is 5.75 Å². The van der Waals surface area contributed by atoms with Crippen LogP contribution < -0.4 is 9.64 Å². The Hall–Kier alpha value is -1.51. The van der Waals surface area contributed by atoms with Gasteiger partial charge < -0.3 is 9.64 Å². The van der Waals surface area contributed by atoms with Gasteiger partial charge in [-0.15, -0.1) is 0 Å². The van der Waals surface area contributed by atoms with E-state index in [0.29, 0.717) is 13.0 Å². The lowest BCUT2D eigenvalue weighted by atomic mass is 10.2. The molecule has 0 saturated heterocycles. The van der Waals surface area contributed by atoms with E-state index in [9.17, 15) is 4.79 Å². The number of likely N-dealkylation sites (N-methyl/N-ethyl adjacent to an activating group) is 1. The normalized spacial score (nSPS) is 9.94. The molecule has 3 nitrogen and oxygen atoms in total. The van der Waals surface area contributed by atoms with Crippen LogP contribution in [0.15, 0.2) is 24.3 Å². The number of ether oxygens (including phenoxy) is 1. The Morgan fingerprint density at radius 3 is 2.69 bits per heavy atom. The van der Waals surface area contributed by atoms with Gasteiger partial charge in [0.05, 0.1) is 19.3 Å². The Morgan fingerprint density at radius 1 is 1.38 bits per heavy atom. The molecule has 16 heavy (non-hydrogen) atoms. The van der Waals surface area contributed by atoms with Gasteiger partial charge in [0.25, 0.3) is 0 Å². The molecule has 0 fully saturated rings. The largest absolute Gasteiger partial charge is 0.495 e. The van der Waals surface area contributed by atoms with Crippen molar-refractivity contribution in [1.29, 1.82) is 0 Å². The lowest BCUT2D eigenvalue weighted by Gasteiger charge is -2.20. The van der Waals surface area contributed by atoms with Gasteiger partial charge in [-0.05, 0) is 18.6 Å². The number of Topliss-reactive ketones (excluding diaryl/α,β-unsaturated/α-hetero) is 1.